The monoisotopic (exact) mass is 413 g/mol. The number of morpholine rings is 1. The normalized spacial score (nSPS) is 33.6. The van der Waals surface area contributed by atoms with Gasteiger partial charge in [-0.2, -0.15) is 0 Å². The number of rotatable bonds is 6. The van der Waals surface area contributed by atoms with Crippen LogP contribution in [0.2, 0.25) is 0 Å². The van der Waals surface area contributed by atoms with Crippen LogP contribution in [0.3, 0.4) is 0 Å². The van der Waals surface area contributed by atoms with E-state index >= 15 is 0 Å². The Hall–Kier alpha value is -1.17. The lowest BCUT2D eigenvalue weighted by Crippen LogP contribution is -2.48. The van der Waals surface area contributed by atoms with Gasteiger partial charge in [0.2, 0.25) is 0 Å². The second kappa shape index (κ2) is 8.52. The Labute approximate surface area is 180 Å². The van der Waals surface area contributed by atoms with Crippen LogP contribution in [0.25, 0.3) is 0 Å². The summed E-state index contributed by atoms with van der Waals surface area (Å²) in [5.74, 6) is 2.98. The van der Waals surface area contributed by atoms with E-state index in [9.17, 15) is 0 Å². The van der Waals surface area contributed by atoms with Gasteiger partial charge in [0.15, 0.2) is 5.11 Å². The summed E-state index contributed by atoms with van der Waals surface area (Å²) in [5, 5.41) is 7.46. The predicted molar refractivity (Wildman–Crippen MR) is 122 cm³/mol. The van der Waals surface area contributed by atoms with Crippen molar-refractivity contribution in [1.82, 2.24) is 10.2 Å². The van der Waals surface area contributed by atoms with Gasteiger partial charge < -0.3 is 15.4 Å². The summed E-state index contributed by atoms with van der Waals surface area (Å²) < 4.78 is 5.40. The first-order valence-corrected chi connectivity index (χ1v) is 12.0. The van der Waals surface area contributed by atoms with Crippen molar-refractivity contribution in [2.24, 2.45) is 17.8 Å². The number of thiocarbonyl (C=S) groups is 1. The molecule has 4 saturated carbocycles. The number of ether oxygens (including phenoxy) is 1. The van der Waals surface area contributed by atoms with Gasteiger partial charge in [-0.05, 0) is 105 Å². The smallest absolute Gasteiger partial charge is 0.170 e. The lowest BCUT2D eigenvalue weighted by atomic mass is 9.48. The molecule has 0 aromatic heterocycles. The summed E-state index contributed by atoms with van der Waals surface area (Å²) in [7, 11) is 0. The average molecular weight is 414 g/mol. The molecule has 158 valence electrons. The summed E-state index contributed by atoms with van der Waals surface area (Å²) in [5.41, 5.74) is 3.15. The van der Waals surface area contributed by atoms with Gasteiger partial charge in [0, 0.05) is 25.3 Å². The predicted octanol–water partition coefficient (Wildman–Crippen LogP) is 4.16. The molecule has 5 aliphatic rings. The Balaban J connectivity index is 1.10. The SMILES string of the molecule is S=C(NCCCN1CCOCC1)Nc1ccc(C23CC4CC(CC(C4)C2)C3)cc1. The fourth-order valence-corrected chi connectivity index (χ4v) is 7.10. The van der Waals surface area contributed by atoms with Gasteiger partial charge in [-0.3, -0.25) is 4.90 Å². The van der Waals surface area contributed by atoms with Crippen molar-refractivity contribution in [2.75, 3.05) is 44.7 Å². The van der Waals surface area contributed by atoms with Crippen LogP contribution in [0.4, 0.5) is 5.69 Å². The molecule has 5 heteroatoms. The first-order valence-electron chi connectivity index (χ1n) is 11.6. The van der Waals surface area contributed by atoms with Crippen LogP contribution < -0.4 is 10.6 Å². The van der Waals surface area contributed by atoms with Crippen LogP contribution in [0.15, 0.2) is 24.3 Å². The zero-order chi connectivity index (χ0) is 19.7. The molecule has 1 heterocycles. The van der Waals surface area contributed by atoms with E-state index in [1.54, 1.807) is 5.56 Å². The van der Waals surface area contributed by atoms with E-state index in [4.69, 9.17) is 17.0 Å². The molecule has 0 radical (unpaired) electrons. The van der Waals surface area contributed by atoms with E-state index in [2.05, 4.69) is 39.8 Å². The van der Waals surface area contributed by atoms with Crippen LogP contribution in [-0.4, -0.2) is 49.4 Å². The van der Waals surface area contributed by atoms with Crippen molar-refractivity contribution < 1.29 is 4.74 Å². The Morgan fingerprint density at radius 2 is 1.62 bits per heavy atom. The van der Waals surface area contributed by atoms with Crippen molar-refractivity contribution in [3.8, 4) is 0 Å². The third-order valence-corrected chi connectivity index (χ3v) is 8.08. The molecule has 1 aromatic carbocycles. The summed E-state index contributed by atoms with van der Waals surface area (Å²) >= 11 is 5.50. The standard InChI is InChI=1S/C24H35N3OS/c29-23(25-6-1-7-27-8-10-28-11-9-27)26-22-4-2-21(3-5-22)24-15-18-12-19(16-24)14-20(13-18)17-24/h2-5,18-20H,1,6-17H2,(H2,25,26,29). The quantitative estimate of drug-likeness (QED) is 0.541. The summed E-state index contributed by atoms with van der Waals surface area (Å²) in [4.78, 5) is 2.46. The molecule has 0 unspecified atom stereocenters. The number of nitrogens with zero attached hydrogens (tertiary/aromatic N) is 1. The van der Waals surface area contributed by atoms with E-state index in [1.165, 1.54) is 38.5 Å². The molecule has 4 nitrogen and oxygen atoms in total. The fraction of sp³-hybridized carbons (Fsp3) is 0.708. The van der Waals surface area contributed by atoms with Gasteiger partial charge >= 0.3 is 0 Å². The van der Waals surface area contributed by atoms with Crippen LogP contribution in [0.1, 0.15) is 50.5 Å². The first kappa shape index (κ1) is 19.8. The van der Waals surface area contributed by atoms with Crippen LogP contribution in [-0.2, 0) is 10.2 Å². The molecule has 29 heavy (non-hydrogen) atoms. The minimum absolute atomic E-state index is 0.478. The molecule has 1 aliphatic heterocycles. The van der Waals surface area contributed by atoms with Crippen molar-refractivity contribution >= 4 is 23.0 Å². The van der Waals surface area contributed by atoms with E-state index in [-0.39, 0.29) is 0 Å². The Morgan fingerprint density at radius 3 is 2.24 bits per heavy atom. The Morgan fingerprint density at radius 1 is 1.00 bits per heavy atom. The highest BCUT2D eigenvalue weighted by atomic mass is 32.1. The van der Waals surface area contributed by atoms with Crippen LogP contribution in [0, 0.1) is 17.8 Å². The maximum absolute atomic E-state index is 5.50. The summed E-state index contributed by atoms with van der Waals surface area (Å²) in [6.07, 6.45) is 9.89. The number of nitrogens with one attached hydrogen (secondary N) is 2. The van der Waals surface area contributed by atoms with Crippen LogP contribution >= 0.6 is 12.2 Å². The van der Waals surface area contributed by atoms with Gasteiger partial charge in [0.25, 0.3) is 0 Å². The molecular weight excluding hydrogens is 378 g/mol. The molecule has 4 bridgehead atoms. The highest BCUT2D eigenvalue weighted by Gasteiger charge is 2.51. The molecule has 5 fully saturated rings. The number of anilines is 1. The van der Waals surface area contributed by atoms with E-state index in [1.807, 2.05) is 0 Å². The molecule has 1 aromatic rings. The highest BCUT2D eigenvalue weighted by Crippen LogP contribution is 2.60. The van der Waals surface area contributed by atoms with Crippen molar-refractivity contribution in [3.63, 3.8) is 0 Å². The largest absolute Gasteiger partial charge is 0.379 e. The molecule has 0 spiro atoms. The topological polar surface area (TPSA) is 36.5 Å². The second-order valence-electron chi connectivity index (χ2n) is 9.96. The number of hydrogen-bond acceptors (Lipinski definition) is 3. The number of hydrogen-bond donors (Lipinski definition) is 2. The fourth-order valence-electron chi connectivity index (χ4n) is 6.88. The maximum Gasteiger partial charge on any atom is 0.170 e. The molecule has 4 aliphatic carbocycles. The van der Waals surface area contributed by atoms with Crippen molar-refractivity contribution in [1.29, 1.82) is 0 Å². The molecule has 6 rings (SSSR count). The van der Waals surface area contributed by atoms with Gasteiger partial charge in [-0.1, -0.05) is 12.1 Å². The lowest BCUT2D eigenvalue weighted by molar-refractivity contribution is -0.00518. The average Bonchev–Trinajstić information content (AvgIpc) is 2.71. The summed E-state index contributed by atoms with van der Waals surface area (Å²) in [6.45, 7) is 5.87. The Kier molecular flexibility index (Phi) is 5.81. The highest BCUT2D eigenvalue weighted by molar-refractivity contribution is 7.80. The molecule has 2 N–H and O–H groups in total. The minimum Gasteiger partial charge on any atom is -0.379 e. The minimum atomic E-state index is 0.478. The van der Waals surface area contributed by atoms with Gasteiger partial charge in [0.1, 0.15) is 0 Å². The number of benzene rings is 1. The van der Waals surface area contributed by atoms with Crippen molar-refractivity contribution in [2.45, 2.75) is 50.4 Å². The van der Waals surface area contributed by atoms with E-state index in [0.29, 0.717) is 5.41 Å². The Bertz CT molecular complexity index is 678. The summed E-state index contributed by atoms with van der Waals surface area (Å²) in [6, 6.07) is 9.21. The zero-order valence-electron chi connectivity index (χ0n) is 17.5. The maximum atomic E-state index is 5.50. The van der Waals surface area contributed by atoms with Gasteiger partial charge in [-0.25, -0.2) is 0 Å². The third kappa shape index (κ3) is 4.47. The molecule has 0 amide bonds. The van der Waals surface area contributed by atoms with Crippen LogP contribution in [0.5, 0.6) is 0 Å². The second-order valence-corrected chi connectivity index (χ2v) is 10.4. The molecule has 0 atom stereocenters. The molecular formula is C24H35N3OS. The van der Waals surface area contributed by atoms with E-state index < -0.39 is 0 Å². The zero-order valence-corrected chi connectivity index (χ0v) is 18.3. The molecule has 1 saturated heterocycles. The third-order valence-electron chi connectivity index (χ3n) is 7.83. The van der Waals surface area contributed by atoms with E-state index in [0.717, 1.165) is 74.4 Å². The van der Waals surface area contributed by atoms with Gasteiger partial charge in [0.05, 0.1) is 13.2 Å². The van der Waals surface area contributed by atoms with Gasteiger partial charge in [-0.15, -0.1) is 0 Å². The van der Waals surface area contributed by atoms with Crippen molar-refractivity contribution in [3.05, 3.63) is 29.8 Å². The lowest BCUT2D eigenvalue weighted by Gasteiger charge is -2.57. The first-order chi connectivity index (χ1) is 14.2.